The van der Waals surface area contributed by atoms with E-state index in [0.29, 0.717) is 18.8 Å². The van der Waals surface area contributed by atoms with E-state index in [0.717, 1.165) is 0 Å². The molecule has 0 saturated carbocycles. The number of aromatic nitrogens is 1. The number of ether oxygens (including phenoxy) is 1. The number of carbonyl (C=O) groups is 2. The first-order valence-corrected chi connectivity index (χ1v) is 5.32. The number of nitrogens with zero attached hydrogens (tertiary/aromatic N) is 1. The highest BCUT2D eigenvalue weighted by Gasteiger charge is 2.05. The van der Waals surface area contributed by atoms with Crippen LogP contribution in [0.3, 0.4) is 0 Å². The number of amides is 1. The Kier molecular flexibility index (Phi) is 5.59. The first-order chi connectivity index (χ1) is 8.63. The predicted molar refractivity (Wildman–Crippen MR) is 64.6 cm³/mol. The molecule has 3 N–H and O–H groups in total. The fourth-order valence-electron chi connectivity index (χ4n) is 1.19. The zero-order valence-electron chi connectivity index (χ0n) is 9.97. The molecule has 18 heavy (non-hydrogen) atoms. The summed E-state index contributed by atoms with van der Waals surface area (Å²) in [5, 5.41) is 14.2. The summed E-state index contributed by atoms with van der Waals surface area (Å²) in [6, 6.07) is 2.96. The van der Waals surface area contributed by atoms with E-state index in [4.69, 9.17) is 9.84 Å². The van der Waals surface area contributed by atoms with Crippen LogP contribution >= 0.6 is 0 Å². The lowest BCUT2D eigenvalue weighted by atomic mass is 10.3. The van der Waals surface area contributed by atoms with Gasteiger partial charge in [0.05, 0.1) is 13.2 Å². The number of pyridine rings is 1. The number of methoxy groups -OCH3 is 1. The molecule has 1 aromatic heterocycles. The van der Waals surface area contributed by atoms with Crippen molar-refractivity contribution in [2.75, 3.05) is 32.1 Å². The molecule has 0 atom stereocenters. The minimum atomic E-state index is -1.11. The van der Waals surface area contributed by atoms with Crippen molar-refractivity contribution < 1.29 is 19.4 Å². The molecule has 0 aromatic carbocycles. The van der Waals surface area contributed by atoms with Crippen molar-refractivity contribution in [2.45, 2.75) is 0 Å². The average Bonchev–Trinajstić information content (AvgIpc) is 2.37. The second kappa shape index (κ2) is 7.23. The van der Waals surface area contributed by atoms with E-state index in [-0.39, 0.29) is 18.1 Å². The molecule has 0 aliphatic heterocycles. The minimum Gasteiger partial charge on any atom is -0.477 e. The molecular formula is C11H15N3O4. The SMILES string of the molecule is COCCNC(=O)CNc1ccnc(C(=O)O)c1. The number of anilines is 1. The number of carbonyl (C=O) groups excluding carboxylic acids is 1. The third kappa shape index (κ3) is 4.79. The van der Waals surface area contributed by atoms with Crippen LogP contribution in [0.5, 0.6) is 0 Å². The van der Waals surface area contributed by atoms with E-state index in [9.17, 15) is 9.59 Å². The third-order valence-corrected chi connectivity index (χ3v) is 2.06. The maximum Gasteiger partial charge on any atom is 0.354 e. The van der Waals surface area contributed by atoms with Gasteiger partial charge in [-0.2, -0.15) is 0 Å². The van der Waals surface area contributed by atoms with E-state index in [2.05, 4.69) is 15.6 Å². The molecule has 1 heterocycles. The van der Waals surface area contributed by atoms with Gasteiger partial charge in [-0.15, -0.1) is 0 Å². The molecule has 0 aliphatic rings. The molecule has 1 rings (SSSR count). The van der Waals surface area contributed by atoms with Crippen LogP contribution in [0, 0.1) is 0 Å². The van der Waals surface area contributed by atoms with E-state index in [1.807, 2.05) is 0 Å². The Labute approximate surface area is 104 Å². The highest BCUT2D eigenvalue weighted by molar-refractivity contribution is 5.87. The molecule has 1 aromatic rings. The van der Waals surface area contributed by atoms with Crippen molar-refractivity contribution in [3.63, 3.8) is 0 Å². The summed E-state index contributed by atoms with van der Waals surface area (Å²) in [7, 11) is 1.55. The molecule has 7 heteroatoms. The lowest BCUT2D eigenvalue weighted by Crippen LogP contribution is -2.32. The summed E-state index contributed by atoms with van der Waals surface area (Å²) in [6.07, 6.45) is 1.37. The number of carboxylic acid groups (broad SMARTS) is 1. The van der Waals surface area contributed by atoms with Gasteiger partial charge in [0.25, 0.3) is 0 Å². The van der Waals surface area contributed by atoms with Crippen molar-refractivity contribution in [3.05, 3.63) is 24.0 Å². The van der Waals surface area contributed by atoms with E-state index in [1.165, 1.54) is 12.3 Å². The lowest BCUT2D eigenvalue weighted by Gasteiger charge is -2.07. The maximum absolute atomic E-state index is 11.3. The molecule has 7 nitrogen and oxygen atoms in total. The first-order valence-electron chi connectivity index (χ1n) is 5.32. The number of carboxylic acids is 1. The molecule has 0 radical (unpaired) electrons. The molecule has 0 saturated heterocycles. The van der Waals surface area contributed by atoms with Crippen LogP contribution in [0.15, 0.2) is 18.3 Å². The monoisotopic (exact) mass is 253 g/mol. The van der Waals surface area contributed by atoms with Crippen LogP contribution in [0.2, 0.25) is 0 Å². The van der Waals surface area contributed by atoms with Crippen molar-refractivity contribution in [1.82, 2.24) is 10.3 Å². The molecular weight excluding hydrogens is 238 g/mol. The zero-order chi connectivity index (χ0) is 13.4. The van der Waals surface area contributed by atoms with E-state index >= 15 is 0 Å². The topological polar surface area (TPSA) is 101 Å². The molecule has 0 aliphatic carbocycles. The Hall–Kier alpha value is -2.15. The fourth-order valence-corrected chi connectivity index (χ4v) is 1.19. The summed E-state index contributed by atoms with van der Waals surface area (Å²) in [4.78, 5) is 25.7. The zero-order valence-corrected chi connectivity index (χ0v) is 9.97. The second-order valence-electron chi connectivity index (χ2n) is 3.43. The van der Waals surface area contributed by atoms with Gasteiger partial charge in [0.2, 0.25) is 5.91 Å². The Morgan fingerprint density at radius 1 is 1.50 bits per heavy atom. The highest BCUT2D eigenvalue weighted by Crippen LogP contribution is 2.07. The van der Waals surface area contributed by atoms with Crippen LogP contribution in [0.4, 0.5) is 5.69 Å². The largest absolute Gasteiger partial charge is 0.477 e. The third-order valence-electron chi connectivity index (χ3n) is 2.06. The Bertz CT molecular complexity index is 423. The second-order valence-corrected chi connectivity index (χ2v) is 3.43. The molecule has 0 unspecified atom stereocenters. The molecule has 0 spiro atoms. The normalized spacial score (nSPS) is 9.83. The van der Waals surface area contributed by atoms with Crippen molar-refractivity contribution in [2.24, 2.45) is 0 Å². The van der Waals surface area contributed by atoms with Gasteiger partial charge in [-0.3, -0.25) is 4.79 Å². The Balaban J connectivity index is 2.41. The predicted octanol–water partition coefficient (Wildman–Crippen LogP) is -0.0457. The lowest BCUT2D eigenvalue weighted by molar-refractivity contribution is -0.119. The maximum atomic E-state index is 11.3. The van der Waals surface area contributed by atoms with Gasteiger partial charge in [-0.25, -0.2) is 9.78 Å². The number of rotatable bonds is 7. The van der Waals surface area contributed by atoms with Crippen LogP contribution < -0.4 is 10.6 Å². The molecule has 0 bridgehead atoms. The summed E-state index contributed by atoms with van der Waals surface area (Å²) >= 11 is 0. The number of nitrogens with one attached hydrogen (secondary N) is 2. The van der Waals surface area contributed by atoms with Crippen LogP contribution in [0.25, 0.3) is 0 Å². The van der Waals surface area contributed by atoms with Gasteiger partial charge in [-0.05, 0) is 12.1 Å². The summed E-state index contributed by atoms with van der Waals surface area (Å²) in [5.74, 6) is -1.30. The van der Waals surface area contributed by atoms with Gasteiger partial charge in [0.1, 0.15) is 5.69 Å². The van der Waals surface area contributed by atoms with Crippen molar-refractivity contribution in [3.8, 4) is 0 Å². The standard InChI is InChI=1S/C11H15N3O4/c1-18-5-4-13-10(15)7-14-8-2-3-12-9(6-8)11(16)17/h2-3,6H,4-5,7H2,1H3,(H,12,14)(H,13,15)(H,16,17). The molecule has 1 amide bonds. The molecule has 98 valence electrons. The first kappa shape index (κ1) is 13.9. The Morgan fingerprint density at radius 2 is 2.28 bits per heavy atom. The van der Waals surface area contributed by atoms with Gasteiger partial charge in [0.15, 0.2) is 0 Å². The van der Waals surface area contributed by atoms with E-state index in [1.54, 1.807) is 13.2 Å². The van der Waals surface area contributed by atoms with E-state index < -0.39 is 5.97 Å². The van der Waals surface area contributed by atoms with Gasteiger partial charge < -0.3 is 20.5 Å². The highest BCUT2D eigenvalue weighted by atomic mass is 16.5. The average molecular weight is 253 g/mol. The van der Waals surface area contributed by atoms with Crippen LogP contribution in [0.1, 0.15) is 10.5 Å². The fraction of sp³-hybridized carbons (Fsp3) is 0.364. The minimum absolute atomic E-state index is 0.0623. The van der Waals surface area contributed by atoms with Crippen LogP contribution in [-0.2, 0) is 9.53 Å². The quantitative estimate of drug-likeness (QED) is 0.589. The Morgan fingerprint density at radius 3 is 2.94 bits per heavy atom. The van der Waals surface area contributed by atoms with Crippen molar-refractivity contribution >= 4 is 17.6 Å². The van der Waals surface area contributed by atoms with Gasteiger partial charge >= 0.3 is 5.97 Å². The van der Waals surface area contributed by atoms with Gasteiger partial charge in [0, 0.05) is 25.5 Å². The number of hydrogen-bond donors (Lipinski definition) is 3. The summed E-state index contributed by atoms with van der Waals surface area (Å²) in [5.41, 5.74) is 0.462. The number of aromatic carboxylic acids is 1. The van der Waals surface area contributed by atoms with Crippen molar-refractivity contribution in [1.29, 1.82) is 0 Å². The number of hydrogen-bond acceptors (Lipinski definition) is 5. The summed E-state index contributed by atoms with van der Waals surface area (Å²) in [6.45, 7) is 0.949. The van der Waals surface area contributed by atoms with Crippen LogP contribution in [-0.4, -0.2) is 48.8 Å². The summed E-state index contributed by atoms with van der Waals surface area (Å²) < 4.78 is 4.79. The molecule has 0 fully saturated rings. The smallest absolute Gasteiger partial charge is 0.354 e. The van der Waals surface area contributed by atoms with Gasteiger partial charge in [-0.1, -0.05) is 0 Å².